The van der Waals surface area contributed by atoms with Crippen LogP contribution in [0.15, 0.2) is 36.9 Å². The van der Waals surface area contributed by atoms with Gasteiger partial charge in [-0.2, -0.15) is 0 Å². The van der Waals surface area contributed by atoms with Crippen molar-refractivity contribution in [1.29, 1.82) is 0 Å². The number of thioether (sulfide) groups is 1. The summed E-state index contributed by atoms with van der Waals surface area (Å²) in [4.78, 5) is 45.3. The predicted molar refractivity (Wildman–Crippen MR) is 152 cm³/mol. The maximum absolute atomic E-state index is 14.6. The molecular weight excluding hydrogens is 572 g/mol. The number of alkyl halides is 1. The number of methoxy groups -OCH3 is 1. The number of nitrogens with zero attached hydrogens (tertiary/aromatic N) is 2. The molecule has 3 fully saturated rings. The number of amides is 2. The van der Waals surface area contributed by atoms with Gasteiger partial charge in [-0.15, -0.1) is 18.3 Å². The van der Waals surface area contributed by atoms with Crippen LogP contribution in [-0.2, 0) is 19.1 Å². The molecule has 3 saturated heterocycles. The molecule has 38 heavy (non-hydrogen) atoms. The lowest BCUT2D eigenvalue weighted by Crippen LogP contribution is -2.58. The van der Waals surface area contributed by atoms with Crippen molar-refractivity contribution in [1.82, 2.24) is 4.90 Å². The molecule has 8 nitrogen and oxygen atoms in total. The predicted octanol–water partition coefficient (Wildman–Crippen LogP) is 3.65. The summed E-state index contributed by atoms with van der Waals surface area (Å²) in [6.45, 7) is 9.85. The lowest BCUT2D eigenvalue weighted by molar-refractivity contribution is -0.154. The van der Waals surface area contributed by atoms with Crippen LogP contribution >= 0.6 is 27.7 Å². The summed E-state index contributed by atoms with van der Waals surface area (Å²) in [5, 5.41) is 10.3. The Bertz CT molecular complexity index is 1070. The average Bonchev–Trinajstić information content (AvgIpc) is 3.49. The highest BCUT2D eigenvalue weighted by Crippen LogP contribution is 2.68. The van der Waals surface area contributed by atoms with Crippen molar-refractivity contribution in [3.05, 3.63) is 36.9 Å². The lowest BCUT2D eigenvalue weighted by Gasteiger charge is -2.40. The van der Waals surface area contributed by atoms with Crippen LogP contribution in [0, 0.1) is 17.8 Å². The minimum atomic E-state index is -0.854. The maximum Gasteiger partial charge on any atom is 0.310 e. The van der Waals surface area contributed by atoms with Crippen molar-refractivity contribution in [3.63, 3.8) is 0 Å². The van der Waals surface area contributed by atoms with Gasteiger partial charge in [0.2, 0.25) is 5.91 Å². The van der Waals surface area contributed by atoms with Crippen molar-refractivity contribution in [2.24, 2.45) is 17.8 Å². The molecule has 3 unspecified atom stereocenters. The minimum Gasteiger partial charge on any atom is -0.497 e. The van der Waals surface area contributed by atoms with Gasteiger partial charge in [0, 0.05) is 22.3 Å². The highest BCUT2D eigenvalue weighted by Gasteiger charge is 2.76. The van der Waals surface area contributed by atoms with Crippen LogP contribution in [-0.4, -0.2) is 81.6 Å². The molecule has 3 heterocycles. The summed E-state index contributed by atoms with van der Waals surface area (Å²) in [7, 11) is 1.58. The first-order valence-corrected chi connectivity index (χ1v) is 14.9. The zero-order valence-electron chi connectivity index (χ0n) is 22.3. The number of likely N-dealkylation sites (tertiary alicyclic amines) is 1. The molecule has 1 spiro atoms. The standard InChI is InChI=1S/C28H37BrN2O6S/c1-6-12-30(17-8-10-19(36-5)11-9-17)26(34)24-28-14-20(29)23(38-28)21(27(35)37-7-2)22(28)25(33)31(24)18(15-32)13-16(3)4/h6,8-11,16,18,20-24,32H,1,7,12-15H2,2-5H3/t18-,20?,21+,22+,23+,24?,28?/m1/s1. The molecule has 1 aromatic rings. The Kier molecular flexibility index (Phi) is 8.84. The number of benzene rings is 1. The minimum absolute atomic E-state index is 0.0484. The molecule has 0 aliphatic carbocycles. The van der Waals surface area contributed by atoms with E-state index >= 15 is 0 Å². The molecule has 7 atom stereocenters. The van der Waals surface area contributed by atoms with E-state index in [-0.39, 0.29) is 47.6 Å². The largest absolute Gasteiger partial charge is 0.497 e. The van der Waals surface area contributed by atoms with Crippen LogP contribution in [0.1, 0.15) is 33.6 Å². The van der Waals surface area contributed by atoms with Gasteiger partial charge in [0.25, 0.3) is 5.91 Å². The molecule has 0 saturated carbocycles. The number of anilines is 1. The number of hydrogen-bond acceptors (Lipinski definition) is 7. The number of aliphatic hydroxyl groups excluding tert-OH is 1. The fraction of sp³-hybridized carbons (Fsp3) is 0.607. The van der Waals surface area contributed by atoms with Gasteiger partial charge in [-0.05, 0) is 49.9 Å². The third kappa shape index (κ3) is 4.77. The second-order valence-electron chi connectivity index (χ2n) is 10.6. The van der Waals surface area contributed by atoms with Gasteiger partial charge in [-0.1, -0.05) is 35.9 Å². The number of esters is 1. The zero-order chi connectivity index (χ0) is 27.8. The third-order valence-corrected chi connectivity index (χ3v) is 11.0. The van der Waals surface area contributed by atoms with Crippen molar-refractivity contribution < 1.29 is 29.0 Å². The van der Waals surface area contributed by atoms with Crippen LogP contribution in [0.25, 0.3) is 0 Å². The smallest absolute Gasteiger partial charge is 0.310 e. The number of carbonyl (C=O) groups excluding carboxylic acids is 3. The lowest BCUT2D eigenvalue weighted by atomic mass is 9.71. The highest BCUT2D eigenvalue weighted by atomic mass is 79.9. The number of aliphatic hydroxyl groups is 1. The first-order chi connectivity index (χ1) is 18.1. The van der Waals surface area contributed by atoms with Gasteiger partial charge in [-0.25, -0.2) is 0 Å². The summed E-state index contributed by atoms with van der Waals surface area (Å²) in [6.07, 6.45) is 2.75. The fourth-order valence-electron chi connectivity index (χ4n) is 6.43. The number of fused-ring (bicyclic) bond motifs is 1. The highest BCUT2D eigenvalue weighted by molar-refractivity contribution is 9.09. The summed E-state index contributed by atoms with van der Waals surface area (Å²) in [6, 6.07) is 5.79. The van der Waals surface area contributed by atoms with Gasteiger partial charge < -0.3 is 24.4 Å². The second-order valence-corrected chi connectivity index (χ2v) is 13.3. The Hall–Kier alpha value is -2.04. The van der Waals surface area contributed by atoms with E-state index in [0.717, 1.165) is 0 Å². The molecule has 3 aliphatic heterocycles. The van der Waals surface area contributed by atoms with Crippen LogP contribution in [0.3, 0.4) is 0 Å². The quantitative estimate of drug-likeness (QED) is 0.233. The van der Waals surface area contributed by atoms with Crippen molar-refractivity contribution in [2.45, 2.75) is 60.5 Å². The summed E-state index contributed by atoms with van der Waals surface area (Å²) < 4.78 is 9.90. The molecule has 208 valence electrons. The molecule has 2 amide bonds. The number of halogens is 1. The Morgan fingerprint density at radius 3 is 2.58 bits per heavy atom. The molecule has 10 heteroatoms. The number of hydrogen-bond donors (Lipinski definition) is 1. The fourth-order valence-corrected chi connectivity index (χ4v) is 10.0. The number of carbonyl (C=O) groups is 3. The SMILES string of the molecule is C=CCN(C(=O)C1N([C@@H](CO)CC(C)C)C(=O)[C@@H]2[C@H](C(=O)OCC)[C@H]3SC12CC3Br)c1ccc(OC)cc1. The van der Waals surface area contributed by atoms with Gasteiger partial charge in [0.05, 0.1) is 42.9 Å². The van der Waals surface area contributed by atoms with Crippen LogP contribution < -0.4 is 9.64 Å². The number of ether oxygens (including phenoxy) is 2. The van der Waals surface area contributed by atoms with Crippen molar-refractivity contribution in [2.75, 3.05) is 31.8 Å². The normalized spacial score (nSPS) is 30.3. The topological polar surface area (TPSA) is 96.4 Å². The molecular formula is C28H37BrN2O6S. The van der Waals surface area contributed by atoms with E-state index in [0.29, 0.717) is 24.3 Å². The maximum atomic E-state index is 14.6. The van der Waals surface area contributed by atoms with E-state index in [1.807, 2.05) is 26.0 Å². The first-order valence-electron chi connectivity index (χ1n) is 13.1. The van der Waals surface area contributed by atoms with E-state index in [1.165, 1.54) is 0 Å². The van der Waals surface area contributed by atoms with Crippen molar-refractivity contribution >= 4 is 51.2 Å². The second kappa shape index (κ2) is 11.6. The third-order valence-electron chi connectivity index (χ3n) is 7.83. The van der Waals surface area contributed by atoms with Gasteiger partial charge in [0.1, 0.15) is 11.8 Å². The molecule has 0 radical (unpaired) electrons. The Morgan fingerprint density at radius 2 is 2.03 bits per heavy atom. The van der Waals surface area contributed by atoms with Gasteiger partial charge in [-0.3, -0.25) is 14.4 Å². The number of rotatable bonds is 11. The van der Waals surface area contributed by atoms with Crippen LogP contribution in [0.5, 0.6) is 5.75 Å². The van der Waals surface area contributed by atoms with Crippen molar-refractivity contribution in [3.8, 4) is 5.75 Å². The Balaban J connectivity index is 1.83. The summed E-state index contributed by atoms with van der Waals surface area (Å²) in [5.74, 6) is -1.38. The molecule has 1 aromatic carbocycles. The van der Waals surface area contributed by atoms with E-state index in [4.69, 9.17) is 9.47 Å². The molecule has 0 aromatic heterocycles. The molecule has 4 rings (SSSR count). The monoisotopic (exact) mass is 608 g/mol. The molecule has 2 bridgehead atoms. The van der Waals surface area contributed by atoms with Gasteiger partial charge >= 0.3 is 5.97 Å². The Morgan fingerprint density at radius 1 is 1.34 bits per heavy atom. The van der Waals surface area contributed by atoms with E-state index in [2.05, 4.69) is 22.5 Å². The van der Waals surface area contributed by atoms with E-state index in [1.54, 1.807) is 53.8 Å². The van der Waals surface area contributed by atoms with Crippen LogP contribution in [0.2, 0.25) is 0 Å². The summed E-state index contributed by atoms with van der Waals surface area (Å²) in [5.41, 5.74) is 0.655. The zero-order valence-corrected chi connectivity index (χ0v) is 24.7. The Labute approximate surface area is 237 Å². The van der Waals surface area contributed by atoms with E-state index in [9.17, 15) is 19.5 Å². The summed E-state index contributed by atoms with van der Waals surface area (Å²) >= 11 is 5.33. The van der Waals surface area contributed by atoms with Gasteiger partial charge in [0.15, 0.2) is 0 Å². The molecule has 3 aliphatic rings. The van der Waals surface area contributed by atoms with Crippen LogP contribution in [0.4, 0.5) is 5.69 Å². The van der Waals surface area contributed by atoms with E-state index < -0.39 is 34.6 Å². The average molecular weight is 610 g/mol. The first kappa shape index (κ1) is 29.0. The molecule has 1 N–H and O–H groups in total.